The van der Waals surface area contributed by atoms with Gasteiger partial charge in [0.1, 0.15) is 30.8 Å². The Kier molecular flexibility index (Phi) is 5.48. The summed E-state index contributed by atoms with van der Waals surface area (Å²) >= 11 is 0. The minimum Gasteiger partial charge on any atom is -0.491 e. The zero-order valence-corrected chi connectivity index (χ0v) is 12.2. The Bertz CT molecular complexity index is 613. The van der Waals surface area contributed by atoms with Crippen LogP contribution >= 0.6 is 0 Å². The van der Waals surface area contributed by atoms with Crippen LogP contribution in [0.3, 0.4) is 0 Å². The van der Waals surface area contributed by atoms with E-state index in [9.17, 15) is 14.3 Å². The lowest BCUT2D eigenvalue weighted by atomic mass is 10.3. The molecule has 2 N–H and O–H groups in total. The molecule has 0 unspecified atom stereocenters. The van der Waals surface area contributed by atoms with Crippen molar-refractivity contribution in [3.63, 3.8) is 0 Å². The fourth-order valence-electron chi connectivity index (χ4n) is 1.77. The van der Waals surface area contributed by atoms with Gasteiger partial charge in [0, 0.05) is 12.7 Å². The molecule has 0 aliphatic carbocycles. The lowest BCUT2D eigenvalue weighted by Gasteiger charge is -2.13. The van der Waals surface area contributed by atoms with Crippen LogP contribution in [0.5, 0.6) is 5.75 Å². The molecule has 1 heterocycles. The molecular weight excluding hydrogens is 289 g/mol. The summed E-state index contributed by atoms with van der Waals surface area (Å²) in [6, 6.07) is 5.49. The molecule has 0 fully saturated rings. The minimum atomic E-state index is -0.853. The molecule has 0 radical (unpaired) electrons. The van der Waals surface area contributed by atoms with Crippen LogP contribution in [0.4, 0.5) is 4.39 Å². The second-order valence-electron chi connectivity index (χ2n) is 4.94. The Morgan fingerprint density at radius 2 is 2.18 bits per heavy atom. The van der Waals surface area contributed by atoms with Crippen LogP contribution in [0.15, 0.2) is 36.7 Å². The molecule has 2 rings (SSSR count). The Labute approximate surface area is 127 Å². The summed E-state index contributed by atoms with van der Waals surface area (Å²) in [4.78, 5) is 11.7. The lowest BCUT2D eigenvalue weighted by molar-refractivity contribution is -0.122. The summed E-state index contributed by atoms with van der Waals surface area (Å²) in [6.45, 7) is 2.06. The highest BCUT2D eigenvalue weighted by molar-refractivity contribution is 5.75. The van der Waals surface area contributed by atoms with Gasteiger partial charge >= 0.3 is 0 Å². The molecule has 0 saturated heterocycles. The molecule has 0 aliphatic rings. The summed E-state index contributed by atoms with van der Waals surface area (Å²) in [5.41, 5.74) is 0.973. The fourth-order valence-corrected chi connectivity index (χ4v) is 1.77. The Balaban J connectivity index is 1.67. The van der Waals surface area contributed by atoms with Crippen LogP contribution in [0.1, 0.15) is 5.56 Å². The van der Waals surface area contributed by atoms with E-state index in [1.54, 1.807) is 12.4 Å². The Morgan fingerprint density at radius 3 is 2.82 bits per heavy atom. The maximum atomic E-state index is 12.7. The number of hydrogen-bond donors (Lipinski definition) is 2. The van der Waals surface area contributed by atoms with Gasteiger partial charge in [0.15, 0.2) is 0 Å². The number of hydrogen-bond acceptors (Lipinski definition) is 4. The van der Waals surface area contributed by atoms with E-state index in [0.717, 1.165) is 5.56 Å². The maximum Gasteiger partial charge on any atom is 0.241 e. The molecule has 1 atom stereocenters. The highest BCUT2D eigenvalue weighted by atomic mass is 19.1. The van der Waals surface area contributed by atoms with Gasteiger partial charge in [0.05, 0.1) is 6.20 Å². The topological polar surface area (TPSA) is 76.4 Å². The van der Waals surface area contributed by atoms with Crippen molar-refractivity contribution in [3.8, 4) is 5.75 Å². The first kappa shape index (κ1) is 16.0. The predicted molar refractivity (Wildman–Crippen MR) is 77.9 cm³/mol. The van der Waals surface area contributed by atoms with Crippen LogP contribution in [-0.4, -0.2) is 40.0 Å². The molecule has 0 aliphatic heterocycles. The second kappa shape index (κ2) is 7.56. The molecule has 1 aromatic heterocycles. The number of aryl methyl sites for hydroxylation is 1. The van der Waals surface area contributed by atoms with E-state index in [1.807, 2.05) is 6.92 Å². The Hall–Kier alpha value is -2.41. The molecule has 7 heteroatoms. The number of nitrogens with zero attached hydrogens (tertiary/aromatic N) is 2. The van der Waals surface area contributed by atoms with Gasteiger partial charge in [-0.15, -0.1) is 0 Å². The number of carbonyl (C=O) groups excluding carboxylic acids is 1. The molecule has 0 spiro atoms. The van der Waals surface area contributed by atoms with Crippen LogP contribution in [-0.2, 0) is 11.3 Å². The quantitative estimate of drug-likeness (QED) is 0.796. The van der Waals surface area contributed by atoms with Gasteiger partial charge in [0.2, 0.25) is 5.91 Å². The number of rotatable bonds is 7. The number of aliphatic hydroxyl groups is 1. The van der Waals surface area contributed by atoms with E-state index in [1.165, 1.54) is 28.9 Å². The third kappa shape index (κ3) is 5.17. The number of amides is 1. The van der Waals surface area contributed by atoms with Gasteiger partial charge in [-0.1, -0.05) is 0 Å². The van der Waals surface area contributed by atoms with Crippen LogP contribution in [0.25, 0.3) is 0 Å². The summed E-state index contributed by atoms with van der Waals surface area (Å²) in [7, 11) is 0. The number of halogens is 1. The summed E-state index contributed by atoms with van der Waals surface area (Å²) in [5.74, 6) is -0.142. The van der Waals surface area contributed by atoms with E-state index in [4.69, 9.17) is 4.74 Å². The normalized spacial score (nSPS) is 12.0. The van der Waals surface area contributed by atoms with E-state index in [-0.39, 0.29) is 31.4 Å². The monoisotopic (exact) mass is 307 g/mol. The highest BCUT2D eigenvalue weighted by Gasteiger charge is 2.09. The van der Waals surface area contributed by atoms with Crippen LogP contribution in [0, 0.1) is 12.7 Å². The van der Waals surface area contributed by atoms with Gasteiger partial charge in [-0.3, -0.25) is 9.48 Å². The van der Waals surface area contributed by atoms with Crippen molar-refractivity contribution in [2.45, 2.75) is 19.6 Å². The van der Waals surface area contributed by atoms with Crippen molar-refractivity contribution in [1.82, 2.24) is 15.1 Å². The minimum absolute atomic E-state index is 0.00674. The maximum absolute atomic E-state index is 12.7. The zero-order chi connectivity index (χ0) is 15.9. The number of ether oxygens (including phenoxy) is 1. The fraction of sp³-hybridized carbons (Fsp3) is 0.333. The third-order valence-corrected chi connectivity index (χ3v) is 2.86. The number of aromatic nitrogens is 2. The van der Waals surface area contributed by atoms with E-state index < -0.39 is 6.10 Å². The largest absolute Gasteiger partial charge is 0.491 e. The first-order chi connectivity index (χ1) is 10.5. The van der Waals surface area contributed by atoms with Crippen molar-refractivity contribution >= 4 is 5.91 Å². The molecule has 6 nitrogen and oxygen atoms in total. The molecule has 118 valence electrons. The molecule has 1 amide bonds. The lowest BCUT2D eigenvalue weighted by Crippen LogP contribution is -2.37. The SMILES string of the molecule is Cc1cnn(CC(=O)NC[C@@H](O)COc2ccc(F)cc2)c1. The second-order valence-corrected chi connectivity index (χ2v) is 4.94. The standard InChI is InChI=1S/C15H18FN3O3/c1-11-6-18-19(8-11)9-15(21)17-7-13(20)10-22-14-4-2-12(16)3-5-14/h2-6,8,13,20H,7,9-10H2,1H3,(H,17,21)/t13-/m1/s1. The smallest absolute Gasteiger partial charge is 0.241 e. The zero-order valence-electron chi connectivity index (χ0n) is 12.2. The average Bonchev–Trinajstić information content (AvgIpc) is 2.89. The van der Waals surface area contributed by atoms with Crippen LogP contribution in [0.2, 0.25) is 0 Å². The summed E-state index contributed by atoms with van der Waals surface area (Å²) < 4.78 is 19.5. The predicted octanol–water partition coefficient (Wildman–Crippen LogP) is 0.887. The van der Waals surface area contributed by atoms with Crippen molar-refractivity contribution in [2.24, 2.45) is 0 Å². The number of nitrogens with one attached hydrogen (secondary N) is 1. The molecule has 0 saturated carbocycles. The first-order valence-electron chi connectivity index (χ1n) is 6.85. The van der Waals surface area contributed by atoms with E-state index in [0.29, 0.717) is 5.75 Å². The van der Waals surface area contributed by atoms with Gasteiger partial charge in [-0.2, -0.15) is 5.10 Å². The average molecular weight is 307 g/mol. The van der Waals surface area contributed by atoms with Gasteiger partial charge < -0.3 is 15.2 Å². The molecule has 2 aromatic rings. The van der Waals surface area contributed by atoms with Crippen molar-refractivity contribution in [2.75, 3.05) is 13.2 Å². The first-order valence-corrected chi connectivity index (χ1v) is 6.85. The Morgan fingerprint density at radius 1 is 1.45 bits per heavy atom. The van der Waals surface area contributed by atoms with Crippen molar-refractivity contribution in [1.29, 1.82) is 0 Å². The van der Waals surface area contributed by atoms with E-state index in [2.05, 4.69) is 10.4 Å². The number of benzene rings is 1. The van der Waals surface area contributed by atoms with Crippen molar-refractivity contribution in [3.05, 3.63) is 48.0 Å². The molecule has 1 aromatic carbocycles. The highest BCUT2D eigenvalue weighted by Crippen LogP contribution is 2.11. The van der Waals surface area contributed by atoms with Gasteiger partial charge in [0.25, 0.3) is 0 Å². The summed E-state index contributed by atoms with van der Waals surface area (Å²) in [5, 5.41) is 16.3. The van der Waals surface area contributed by atoms with Crippen LogP contribution < -0.4 is 10.1 Å². The molecular formula is C15H18FN3O3. The molecule has 0 bridgehead atoms. The van der Waals surface area contributed by atoms with E-state index >= 15 is 0 Å². The summed E-state index contributed by atoms with van der Waals surface area (Å²) in [6.07, 6.45) is 2.57. The third-order valence-electron chi connectivity index (χ3n) is 2.86. The van der Waals surface area contributed by atoms with Gasteiger partial charge in [-0.25, -0.2) is 4.39 Å². The van der Waals surface area contributed by atoms with Gasteiger partial charge in [-0.05, 0) is 36.8 Å². The number of aliphatic hydroxyl groups excluding tert-OH is 1. The molecule has 22 heavy (non-hydrogen) atoms. The number of carbonyl (C=O) groups is 1. The van der Waals surface area contributed by atoms with Crippen molar-refractivity contribution < 1.29 is 19.0 Å².